The van der Waals surface area contributed by atoms with Gasteiger partial charge in [-0.2, -0.15) is 0 Å². The Kier molecular flexibility index (Phi) is 5.03. The van der Waals surface area contributed by atoms with Crippen molar-refractivity contribution in [2.75, 3.05) is 32.6 Å². The minimum absolute atomic E-state index is 0.293. The predicted molar refractivity (Wildman–Crippen MR) is 110 cm³/mol. The zero-order valence-electron chi connectivity index (χ0n) is 15.5. The number of thiazole rings is 1. The van der Waals surface area contributed by atoms with E-state index in [1.54, 1.807) is 29.8 Å². The summed E-state index contributed by atoms with van der Waals surface area (Å²) in [7, 11) is 3.07. The van der Waals surface area contributed by atoms with Crippen LogP contribution in [0.3, 0.4) is 0 Å². The van der Waals surface area contributed by atoms with Gasteiger partial charge in [-0.05, 0) is 30.7 Å². The second kappa shape index (κ2) is 7.46. The van der Waals surface area contributed by atoms with Crippen LogP contribution in [-0.2, 0) is 17.7 Å². The molecular formula is C19H21N3O3S2. The van der Waals surface area contributed by atoms with Gasteiger partial charge in [-0.15, -0.1) is 11.3 Å². The van der Waals surface area contributed by atoms with Crippen LogP contribution in [-0.4, -0.2) is 43.2 Å². The summed E-state index contributed by atoms with van der Waals surface area (Å²) in [4.78, 5) is 20.8. The van der Waals surface area contributed by atoms with Gasteiger partial charge in [-0.25, -0.2) is 9.78 Å². The lowest BCUT2D eigenvalue weighted by molar-refractivity contribution is 0.0600. The van der Waals surface area contributed by atoms with Gasteiger partial charge in [0.1, 0.15) is 16.3 Å². The Bertz CT molecular complexity index is 996. The number of esters is 1. The molecule has 4 rings (SSSR count). The van der Waals surface area contributed by atoms with E-state index in [-0.39, 0.29) is 5.97 Å². The molecule has 3 heterocycles. The summed E-state index contributed by atoms with van der Waals surface area (Å²) in [5.41, 5.74) is 2.59. The van der Waals surface area contributed by atoms with E-state index in [0.717, 1.165) is 57.7 Å². The summed E-state index contributed by atoms with van der Waals surface area (Å²) in [6, 6.07) is 5.86. The Balaban J connectivity index is 1.73. The molecule has 8 heteroatoms. The van der Waals surface area contributed by atoms with Gasteiger partial charge in [0.25, 0.3) is 0 Å². The Morgan fingerprint density at radius 2 is 2.19 bits per heavy atom. The minimum Gasteiger partial charge on any atom is -0.494 e. The third kappa shape index (κ3) is 3.28. The molecule has 0 saturated heterocycles. The third-order valence-electron chi connectivity index (χ3n) is 4.80. The molecular weight excluding hydrogens is 382 g/mol. The van der Waals surface area contributed by atoms with Gasteiger partial charge in [-0.1, -0.05) is 24.3 Å². The molecule has 1 aliphatic heterocycles. The number of carbonyl (C=O) groups excluding carboxylic acids is 1. The first-order chi connectivity index (χ1) is 13.1. The number of para-hydroxylation sites is 1. The number of nitrogens with zero attached hydrogens (tertiary/aromatic N) is 2. The molecule has 142 valence electrons. The number of likely N-dealkylation sites (N-methyl/N-ethyl adjacent to an activating group) is 1. The highest BCUT2D eigenvalue weighted by Gasteiger charge is 2.28. The van der Waals surface area contributed by atoms with Crippen LogP contribution >= 0.6 is 22.7 Å². The number of nitrogens with one attached hydrogen (secondary N) is 1. The van der Waals surface area contributed by atoms with E-state index in [2.05, 4.69) is 22.1 Å². The number of hydrogen-bond donors (Lipinski definition) is 1. The largest absolute Gasteiger partial charge is 0.494 e. The number of aromatic nitrogens is 1. The summed E-state index contributed by atoms with van der Waals surface area (Å²) in [6.07, 6.45) is 0.861. The van der Waals surface area contributed by atoms with Crippen LogP contribution < -0.4 is 10.1 Å². The lowest BCUT2D eigenvalue weighted by Crippen LogP contribution is -2.29. The van der Waals surface area contributed by atoms with Gasteiger partial charge in [0.15, 0.2) is 5.13 Å². The summed E-state index contributed by atoms with van der Waals surface area (Å²) >= 11 is 3.16. The quantitative estimate of drug-likeness (QED) is 0.642. The highest BCUT2D eigenvalue weighted by Crippen LogP contribution is 2.41. The first-order valence-corrected chi connectivity index (χ1v) is 10.4. The summed E-state index contributed by atoms with van der Waals surface area (Å²) < 4.78 is 11.5. The number of carbonyl (C=O) groups is 1. The molecule has 1 aromatic carbocycles. The van der Waals surface area contributed by atoms with Crippen molar-refractivity contribution in [3.63, 3.8) is 0 Å². The third-order valence-corrected chi connectivity index (χ3v) is 6.86. The normalized spacial score (nSPS) is 14.2. The molecule has 1 aliphatic rings. The average Bonchev–Trinajstić information content (AvgIpc) is 3.26. The molecule has 0 amide bonds. The van der Waals surface area contributed by atoms with Crippen molar-refractivity contribution in [2.45, 2.75) is 19.9 Å². The molecule has 1 N–H and O–H groups in total. The molecule has 0 aliphatic carbocycles. The van der Waals surface area contributed by atoms with Crippen molar-refractivity contribution in [3.8, 4) is 5.75 Å². The number of thiophene rings is 1. The number of rotatable bonds is 5. The number of anilines is 2. The number of methoxy groups -OCH3 is 2. The van der Waals surface area contributed by atoms with Crippen LogP contribution in [0.4, 0.5) is 10.1 Å². The van der Waals surface area contributed by atoms with E-state index >= 15 is 0 Å². The van der Waals surface area contributed by atoms with Gasteiger partial charge in [-0.3, -0.25) is 4.90 Å². The second-order valence-corrected chi connectivity index (χ2v) is 8.41. The molecule has 0 fully saturated rings. The van der Waals surface area contributed by atoms with Crippen molar-refractivity contribution < 1.29 is 14.3 Å². The van der Waals surface area contributed by atoms with Crippen LogP contribution in [0.25, 0.3) is 10.2 Å². The average molecular weight is 404 g/mol. The SMILES string of the molecule is CCN1CCc2c(sc(Nc3nc4c(OC)cccc4s3)c2C(=O)OC)C1. The summed E-state index contributed by atoms with van der Waals surface area (Å²) in [5.74, 6) is 0.452. The van der Waals surface area contributed by atoms with E-state index in [1.165, 1.54) is 12.0 Å². The molecule has 0 bridgehead atoms. The summed E-state index contributed by atoms with van der Waals surface area (Å²) in [6.45, 7) is 5.00. The Hall–Kier alpha value is -2.16. The fourth-order valence-electron chi connectivity index (χ4n) is 3.37. The number of ether oxygens (including phenoxy) is 2. The Labute approximate surface area is 165 Å². The maximum Gasteiger partial charge on any atom is 0.341 e. The lowest BCUT2D eigenvalue weighted by atomic mass is 10.0. The fraction of sp³-hybridized carbons (Fsp3) is 0.368. The van der Waals surface area contributed by atoms with Crippen molar-refractivity contribution in [3.05, 3.63) is 34.2 Å². The standard InChI is InChI=1S/C19H21N3O3S2/c1-4-22-9-8-11-14(10-22)26-17(15(11)18(23)25-3)21-19-20-16-12(24-2)6-5-7-13(16)27-19/h5-7H,4,8-10H2,1-3H3,(H,20,21). The van der Waals surface area contributed by atoms with Gasteiger partial charge in [0, 0.05) is 18.0 Å². The maximum absolute atomic E-state index is 12.5. The van der Waals surface area contributed by atoms with Crippen molar-refractivity contribution >= 4 is 49.0 Å². The first kappa shape index (κ1) is 18.2. The van der Waals surface area contributed by atoms with Gasteiger partial charge in [0.05, 0.1) is 24.5 Å². The Morgan fingerprint density at radius 1 is 1.33 bits per heavy atom. The van der Waals surface area contributed by atoms with Gasteiger partial charge < -0.3 is 14.8 Å². The van der Waals surface area contributed by atoms with Crippen molar-refractivity contribution in [1.29, 1.82) is 0 Å². The molecule has 0 saturated carbocycles. The van der Waals surface area contributed by atoms with Crippen molar-refractivity contribution in [2.24, 2.45) is 0 Å². The molecule has 0 atom stereocenters. The second-order valence-electron chi connectivity index (χ2n) is 6.27. The van der Waals surface area contributed by atoms with E-state index in [0.29, 0.717) is 5.56 Å². The number of benzene rings is 1. The molecule has 3 aromatic rings. The molecule has 0 unspecified atom stereocenters. The highest BCUT2D eigenvalue weighted by atomic mass is 32.1. The van der Waals surface area contributed by atoms with Crippen LogP contribution in [0.15, 0.2) is 18.2 Å². The number of fused-ring (bicyclic) bond motifs is 2. The zero-order valence-corrected chi connectivity index (χ0v) is 17.1. The van der Waals surface area contributed by atoms with Crippen LogP contribution in [0.5, 0.6) is 5.75 Å². The molecule has 6 nitrogen and oxygen atoms in total. The molecule has 2 aromatic heterocycles. The highest BCUT2D eigenvalue weighted by molar-refractivity contribution is 7.23. The first-order valence-electron chi connectivity index (χ1n) is 8.80. The smallest absolute Gasteiger partial charge is 0.341 e. The van der Waals surface area contributed by atoms with Gasteiger partial charge in [0.2, 0.25) is 0 Å². The van der Waals surface area contributed by atoms with Crippen LogP contribution in [0.1, 0.15) is 27.7 Å². The monoisotopic (exact) mass is 403 g/mol. The molecule has 0 spiro atoms. The van der Waals surface area contributed by atoms with E-state index < -0.39 is 0 Å². The minimum atomic E-state index is -0.293. The zero-order chi connectivity index (χ0) is 19.0. The van der Waals surface area contributed by atoms with Crippen molar-refractivity contribution in [1.82, 2.24) is 9.88 Å². The Morgan fingerprint density at radius 3 is 2.93 bits per heavy atom. The lowest BCUT2D eigenvalue weighted by Gasteiger charge is -2.25. The van der Waals surface area contributed by atoms with E-state index in [1.807, 2.05) is 18.2 Å². The van der Waals surface area contributed by atoms with E-state index in [9.17, 15) is 4.79 Å². The van der Waals surface area contributed by atoms with Gasteiger partial charge >= 0.3 is 5.97 Å². The summed E-state index contributed by atoms with van der Waals surface area (Å²) in [5, 5.41) is 4.92. The predicted octanol–water partition coefficient (Wildman–Crippen LogP) is 4.27. The topological polar surface area (TPSA) is 63.7 Å². The van der Waals surface area contributed by atoms with E-state index in [4.69, 9.17) is 9.47 Å². The number of hydrogen-bond acceptors (Lipinski definition) is 8. The van der Waals surface area contributed by atoms with Crippen LogP contribution in [0, 0.1) is 0 Å². The van der Waals surface area contributed by atoms with Crippen LogP contribution in [0.2, 0.25) is 0 Å². The fourth-order valence-corrected chi connectivity index (χ4v) is 5.60. The maximum atomic E-state index is 12.5. The molecule has 0 radical (unpaired) electrons. The molecule has 27 heavy (non-hydrogen) atoms.